The van der Waals surface area contributed by atoms with Gasteiger partial charge in [-0.2, -0.15) is 108 Å². The molecule has 0 N–H and O–H groups in total. The van der Waals surface area contributed by atoms with Crippen molar-refractivity contribution in [1.29, 1.82) is 0 Å². The minimum atomic E-state index is -4.33. The molecule has 0 aliphatic carbocycles. The van der Waals surface area contributed by atoms with E-state index in [4.69, 9.17) is 4.42 Å². The molecule has 8 aromatic heterocycles. The van der Waals surface area contributed by atoms with E-state index >= 15 is 0 Å². The van der Waals surface area contributed by atoms with E-state index in [1.165, 1.54) is 22.7 Å². The van der Waals surface area contributed by atoms with E-state index in [0.717, 1.165) is 80.1 Å². The predicted molar refractivity (Wildman–Crippen MR) is 389 cm³/mol. The van der Waals surface area contributed by atoms with Crippen LogP contribution in [0.3, 0.4) is 0 Å². The van der Waals surface area contributed by atoms with Gasteiger partial charge >= 0.3 is 6.18 Å². The molecule has 0 saturated carbocycles. The van der Waals surface area contributed by atoms with E-state index in [9.17, 15) is 22.0 Å². The number of halogens is 5. The summed E-state index contributed by atoms with van der Waals surface area (Å²) in [6.07, 6.45) is 12.6. The van der Waals surface area contributed by atoms with Crippen LogP contribution in [0.1, 0.15) is 17.0 Å². The standard InChI is InChI=1S/C13H8NS.C12H7F3N.C12H13N2.C11H6F2N.2C9H7N2.C9H6NO.C8H6N3.4Ir.2Pt/c1-2-6-10(7-3-1)13-14-11-8-4-5-9-12(11)15-13;13-12(14,15)10-5-3-4-9(8-10)11-6-1-2-7-16-11;1-9-10(2)14(3)12(13-9)11-7-5-4-6-8-11;12-8-4-5-9(10(13)7-8)11-3-1-2-6-14-11;2*1-2-5-9(6-3-1)11-8-4-7-10-11;1-2-4-8(5-3-1)9-10-6-7-11-9;1-2-4-8(5-3-1)11-7-6-9-10-11;;;;;;/h1-6,8-9H;1-3,5-8H;4-7H,1-3H3;1-4,6-7H;2*1-5,7-8H;2*1-4,6-7H;;;;;;/q8*-1;;;;;;. The van der Waals surface area contributed by atoms with Gasteiger partial charge in [-0.25, -0.2) is 4.68 Å². The Kier molecular flexibility index (Phi) is 41.5. The summed E-state index contributed by atoms with van der Waals surface area (Å²) in [6.45, 7) is 4.11. The van der Waals surface area contributed by atoms with E-state index < -0.39 is 23.4 Å². The zero-order chi connectivity index (χ0) is 71.9. The average molecular weight is 2540 g/mol. The Morgan fingerprint density at radius 3 is 1.41 bits per heavy atom. The number of alkyl halides is 3. The van der Waals surface area contributed by atoms with Crippen molar-refractivity contribution in [1.82, 2.24) is 64.0 Å². The molecule has 17 rings (SSSR count). The molecule has 0 atom stereocenters. The third kappa shape index (κ3) is 28.9. The molecule has 0 fully saturated rings. The summed E-state index contributed by atoms with van der Waals surface area (Å²) in [4.78, 5) is 21.0. The predicted octanol–water partition coefficient (Wildman–Crippen LogP) is 19.2. The second kappa shape index (κ2) is 49.0. The van der Waals surface area contributed by atoms with Gasteiger partial charge in [-0.1, -0.05) is 58.8 Å². The number of fused-ring (bicyclic) bond motifs is 1. The molecule has 9 aromatic carbocycles. The summed E-state index contributed by atoms with van der Waals surface area (Å²) >= 11 is 1.71. The van der Waals surface area contributed by atoms with E-state index in [2.05, 4.69) is 112 Å². The van der Waals surface area contributed by atoms with Crippen molar-refractivity contribution in [2.75, 3.05) is 0 Å². The number of oxazole rings is 1. The van der Waals surface area contributed by atoms with Crippen LogP contribution < -0.4 is 0 Å². The molecule has 568 valence electrons. The van der Waals surface area contributed by atoms with E-state index in [1.54, 1.807) is 105 Å². The molecule has 17 aromatic rings. The third-order valence-corrected chi connectivity index (χ3v) is 15.3. The van der Waals surface area contributed by atoms with Crippen molar-refractivity contribution in [3.63, 3.8) is 0 Å². The van der Waals surface area contributed by atoms with Crippen molar-refractivity contribution in [2.45, 2.75) is 20.0 Å². The quantitative estimate of drug-likeness (QED) is 0.106. The van der Waals surface area contributed by atoms with Gasteiger partial charge in [0.05, 0.1) is 30.0 Å². The van der Waals surface area contributed by atoms with Crippen LogP contribution in [-0.2, 0) is 136 Å². The Morgan fingerprint density at radius 1 is 0.450 bits per heavy atom. The monoisotopic (exact) mass is 2540 g/mol. The normalized spacial score (nSPS) is 9.76. The van der Waals surface area contributed by atoms with Gasteiger partial charge in [0.1, 0.15) is 5.89 Å². The first-order valence-electron chi connectivity index (χ1n) is 31.6. The number of thiazole rings is 1. The maximum Gasteiger partial charge on any atom is 0.399 e. The summed E-state index contributed by atoms with van der Waals surface area (Å²) in [5.41, 5.74) is 9.97. The van der Waals surface area contributed by atoms with Gasteiger partial charge in [-0.3, -0.25) is 33.1 Å². The number of hydrogen-bond donors (Lipinski definition) is 0. The van der Waals surface area contributed by atoms with Crippen LogP contribution >= 0.6 is 11.3 Å². The smallest absolute Gasteiger partial charge is 0.399 e. The molecular formula is C83H60F5Ir4N13OPt2S-8. The Labute approximate surface area is 715 Å². The number of hydrogen-bond acceptors (Lipinski definition) is 11. The molecule has 0 unspecified atom stereocenters. The Morgan fingerprint density at radius 2 is 0.963 bits per heavy atom. The number of para-hydroxylation sites is 4. The third-order valence-electron chi connectivity index (χ3n) is 14.3. The van der Waals surface area contributed by atoms with Gasteiger partial charge < -0.3 is 19.0 Å². The molecular weight excluding hydrogens is 2480 g/mol. The Hall–Kier alpha value is -9.23. The fourth-order valence-corrected chi connectivity index (χ4v) is 10.0. The van der Waals surface area contributed by atoms with E-state index in [0.29, 0.717) is 22.8 Å². The molecule has 0 bridgehead atoms. The summed E-state index contributed by atoms with van der Waals surface area (Å²) in [6, 6.07) is 97.7. The van der Waals surface area contributed by atoms with Crippen LogP contribution in [0.5, 0.6) is 0 Å². The van der Waals surface area contributed by atoms with Crippen LogP contribution in [0.4, 0.5) is 22.0 Å². The minimum absolute atomic E-state index is 0. The van der Waals surface area contributed by atoms with Crippen LogP contribution in [0.2, 0.25) is 0 Å². The van der Waals surface area contributed by atoms with Crippen LogP contribution in [0.15, 0.2) is 315 Å². The molecule has 0 saturated heterocycles. The molecule has 0 aliphatic heterocycles. The molecule has 26 heteroatoms. The molecule has 0 spiro atoms. The minimum Gasteiger partial charge on any atom is -0.489 e. The summed E-state index contributed by atoms with van der Waals surface area (Å²) < 4.78 is 76.8. The summed E-state index contributed by atoms with van der Waals surface area (Å²) in [7, 11) is 2.03. The largest absolute Gasteiger partial charge is 0.489 e. The first kappa shape index (κ1) is 92.2. The number of aromatic nitrogens is 13. The molecule has 0 aliphatic rings. The summed E-state index contributed by atoms with van der Waals surface area (Å²) in [5.74, 6) is 0.317. The van der Waals surface area contributed by atoms with Crippen molar-refractivity contribution in [3.05, 3.63) is 388 Å². The van der Waals surface area contributed by atoms with Crippen molar-refractivity contribution in [3.8, 4) is 73.0 Å². The summed E-state index contributed by atoms with van der Waals surface area (Å²) in [5, 5.41) is 16.7. The zero-order valence-electron chi connectivity index (χ0n) is 57.4. The second-order valence-electron chi connectivity index (χ2n) is 21.3. The topological polar surface area (TPSA) is 149 Å². The van der Waals surface area contributed by atoms with Crippen molar-refractivity contribution in [2.24, 2.45) is 7.05 Å². The molecule has 0 amide bonds. The number of nitrogens with zero attached hydrogens (tertiary/aromatic N) is 13. The molecule has 14 nitrogen and oxygen atoms in total. The molecule has 8 heterocycles. The molecule has 109 heavy (non-hydrogen) atoms. The van der Waals surface area contributed by atoms with Crippen LogP contribution in [0, 0.1) is 74.0 Å². The Bertz CT molecular complexity index is 4890. The maximum absolute atomic E-state index is 13.2. The fourth-order valence-electron chi connectivity index (χ4n) is 9.09. The van der Waals surface area contributed by atoms with Crippen LogP contribution in [0.25, 0.3) is 83.2 Å². The van der Waals surface area contributed by atoms with Gasteiger partial charge in [0.25, 0.3) is 0 Å². The zero-order valence-corrected chi connectivity index (χ0v) is 72.4. The van der Waals surface area contributed by atoms with Crippen LogP contribution in [-0.4, -0.2) is 64.0 Å². The molecule has 4 radical (unpaired) electrons. The average Bonchev–Trinajstić information content (AvgIpc) is 1.67. The van der Waals surface area contributed by atoms with Gasteiger partial charge in [-0.05, 0) is 84.3 Å². The number of pyridine rings is 2. The maximum atomic E-state index is 13.2. The first-order valence-corrected chi connectivity index (χ1v) is 32.4. The number of benzene rings is 9. The van der Waals surface area contributed by atoms with Gasteiger partial charge in [0, 0.05) is 206 Å². The van der Waals surface area contributed by atoms with Gasteiger partial charge in [0.2, 0.25) is 0 Å². The van der Waals surface area contributed by atoms with E-state index in [1.807, 2.05) is 202 Å². The fraction of sp³-hybridized carbons (Fsp3) is 0.0482. The first-order chi connectivity index (χ1) is 50.3. The van der Waals surface area contributed by atoms with Crippen molar-refractivity contribution >= 4 is 21.6 Å². The van der Waals surface area contributed by atoms with E-state index in [-0.39, 0.29) is 128 Å². The van der Waals surface area contributed by atoms with Gasteiger partial charge in [-0.15, -0.1) is 167 Å². The van der Waals surface area contributed by atoms with Crippen molar-refractivity contribution < 1.29 is 149 Å². The second-order valence-corrected chi connectivity index (χ2v) is 22.3. The Balaban J connectivity index is 0.000000262. The SMILES string of the molecule is Cc1nc(-c2[c-]cccc2)n(C)c1C.FC(F)(F)c1cc[c-]c(-c2ccccn2)c1.Fc1c[c-]c(-c2ccccn2)c(F)c1.[Ir].[Ir].[Ir].[Ir].[Pt].[Pt].[c-]1ccccc1-c1nc2ccccc2s1.[c-]1ccccc1-c1ncco1.[c-]1ccccc1-n1cccn1.[c-]1ccccc1-n1cccn1.[c-]1ccccc1-n1ccnn1. The number of aryl methyl sites for hydroxylation is 1. The number of rotatable bonds is 8. The van der Waals surface area contributed by atoms with Gasteiger partial charge in [0.15, 0.2) is 0 Å². The number of imidazole rings is 1.